The van der Waals surface area contributed by atoms with Gasteiger partial charge in [-0.05, 0) is 36.3 Å². The van der Waals surface area contributed by atoms with Crippen molar-refractivity contribution in [3.05, 3.63) is 65.2 Å². The number of thiophene rings is 1. The molecular formula is C20H22N4S. The normalized spacial score (nSPS) is 15.1. The number of nitrogens with zero attached hydrogens (tertiary/aromatic N) is 4. The molecule has 1 fully saturated rings. The molecule has 1 aliphatic rings. The predicted octanol–water partition coefficient (Wildman–Crippen LogP) is 4.48. The van der Waals surface area contributed by atoms with Gasteiger partial charge in [-0.15, -0.1) is 11.3 Å². The molecule has 0 bridgehead atoms. The molecule has 0 amide bonds. The molecule has 4 rings (SSSR count). The third-order valence-corrected chi connectivity index (χ3v) is 5.30. The summed E-state index contributed by atoms with van der Waals surface area (Å²) in [6.45, 7) is 2.89. The SMILES string of the molecule is C(=N/N1CCCCC1)/c1cn(Cc2ccccc2)nc1-c1cccs1. The van der Waals surface area contributed by atoms with Crippen LogP contribution in [0.25, 0.3) is 10.6 Å². The molecule has 0 atom stereocenters. The Morgan fingerprint density at radius 1 is 1.04 bits per heavy atom. The number of hydrogen-bond donors (Lipinski definition) is 0. The topological polar surface area (TPSA) is 33.4 Å². The molecule has 3 aromatic rings. The molecule has 5 heteroatoms. The molecule has 128 valence electrons. The largest absolute Gasteiger partial charge is 0.297 e. The summed E-state index contributed by atoms with van der Waals surface area (Å²) in [5.74, 6) is 0. The van der Waals surface area contributed by atoms with Gasteiger partial charge in [-0.25, -0.2) is 0 Å². The molecule has 0 spiro atoms. The van der Waals surface area contributed by atoms with Crippen LogP contribution in [0, 0.1) is 0 Å². The van der Waals surface area contributed by atoms with Gasteiger partial charge in [-0.2, -0.15) is 10.2 Å². The average molecular weight is 350 g/mol. The van der Waals surface area contributed by atoms with Gasteiger partial charge in [-0.3, -0.25) is 9.69 Å². The number of benzene rings is 1. The molecule has 25 heavy (non-hydrogen) atoms. The molecule has 0 saturated carbocycles. The van der Waals surface area contributed by atoms with E-state index < -0.39 is 0 Å². The zero-order valence-corrected chi connectivity index (χ0v) is 15.0. The lowest BCUT2D eigenvalue weighted by Gasteiger charge is -2.23. The zero-order chi connectivity index (χ0) is 16.9. The number of aromatic nitrogens is 2. The Kier molecular flexibility index (Phi) is 4.93. The molecular weight excluding hydrogens is 328 g/mol. The molecule has 4 nitrogen and oxygen atoms in total. The van der Waals surface area contributed by atoms with E-state index in [1.54, 1.807) is 11.3 Å². The van der Waals surface area contributed by atoms with Gasteiger partial charge in [0, 0.05) is 24.8 Å². The first kappa shape index (κ1) is 16.1. The minimum absolute atomic E-state index is 0.775. The molecule has 3 heterocycles. The monoisotopic (exact) mass is 350 g/mol. The van der Waals surface area contributed by atoms with E-state index in [0.29, 0.717) is 0 Å². The third-order valence-electron chi connectivity index (χ3n) is 4.42. The Bertz CT molecular complexity index is 815. The van der Waals surface area contributed by atoms with Crippen molar-refractivity contribution >= 4 is 17.6 Å². The first-order valence-electron chi connectivity index (χ1n) is 8.83. The highest BCUT2D eigenvalue weighted by Gasteiger charge is 2.12. The summed E-state index contributed by atoms with van der Waals surface area (Å²) >= 11 is 1.72. The molecule has 0 N–H and O–H groups in total. The lowest BCUT2D eigenvalue weighted by molar-refractivity contribution is 0.240. The molecule has 1 aliphatic heterocycles. The van der Waals surface area contributed by atoms with E-state index in [1.165, 1.54) is 29.7 Å². The van der Waals surface area contributed by atoms with Crippen molar-refractivity contribution < 1.29 is 0 Å². The van der Waals surface area contributed by atoms with Crippen LogP contribution < -0.4 is 0 Å². The Labute approximate surface area is 152 Å². The molecule has 1 saturated heterocycles. The molecule has 0 radical (unpaired) electrons. The van der Waals surface area contributed by atoms with E-state index in [1.807, 2.05) is 17.0 Å². The van der Waals surface area contributed by atoms with Crippen LogP contribution in [0.3, 0.4) is 0 Å². The quantitative estimate of drug-likeness (QED) is 0.636. The van der Waals surface area contributed by atoms with Crippen molar-refractivity contribution in [3.8, 4) is 10.6 Å². The minimum Gasteiger partial charge on any atom is -0.297 e. The van der Waals surface area contributed by atoms with Crippen molar-refractivity contribution in [1.29, 1.82) is 0 Å². The first-order chi connectivity index (χ1) is 12.4. The number of hydrogen-bond acceptors (Lipinski definition) is 4. The van der Waals surface area contributed by atoms with Gasteiger partial charge in [0.05, 0.1) is 17.6 Å². The summed E-state index contributed by atoms with van der Waals surface area (Å²) in [4.78, 5) is 1.19. The highest BCUT2D eigenvalue weighted by atomic mass is 32.1. The van der Waals surface area contributed by atoms with Crippen LogP contribution in [0.1, 0.15) is 30.4 Å². The van der Waals surface area contributed by atoms with E-state index in [2.05, 4.69) is 53.0 Å². The second-order valence-electron chi connectivity index (χ2n) is 6.35. The summed E-state index contributed by atoms with van der Waals surface area (Å²) in [7, 11) is 0. The molecule has 0 unspecified atom stereocenters. The summed E-state index contributed by atoms with van der Waals surface area (Å²) in [5.41, 5.74) is 3.36. The van der Waals surface area contributed by atoms with Crippen LogP contribution in [0.2, 0.25) is 0 Å². The Morgan fingerprint density at radius 3 is 2.64 bits per heavy atom. The summed E-state index contributed by atoms with van der Waals surface area (Å²) in [6.07, 6.45) is 7.89. The predicted molar refractivity (Wildman–Crippen MR) is 104 cm³/mol. The maximum Gasteiger partial charge on any atom is 0.111 e. The molecule has 2 aromatic heterocycles. The van der Waals surface area contributed by atoms with E-state index in [9.17, 15) is 0 Å². The van der Waals surface area contributed by atoms with E-state index in [-0.39, 0.29) is 0 Å². The summed E-state index contributed by atoms with van der Waals surface area (Å²) in [5, 5.41) is 13.8. The van der Waals surface area contributed by atoms with Gasteiger partial charge < -0.3 is 0 Å². The average Bonchev–Trinajstić information content (AvgIpc) is 3.31. The van der Waals surface area contributed by atoms with Gasteiger partial charge in [0.2, 0.25) is 0 Å². The first-order valence-corrected chi connectivity index (χ1v) is 9.71. The number of hydrazone groups is 1. The van der Waals surface area contributed by atoms with E-state index in [0.717, 1.165) is 30.9 Å². The second kappa shape index (κ2) is 7.66. The van der Waals surface area contributed by atoms with Crippen LogP contribution in [0.5, 0.6) is 0 Å². The Hall–Kier alpha value is -2.40. The lowest BCUT2D eigenvalue weighted by Crippen LogP contribution is -2.24. The van der Waals surface area contributed by atoms with Crippen LogP contribution in [-0.4, -0.2) is 34.1 Å². The van der Waals surface area contributed by atoms with Crippen LogP contribution in [-0.2, 0) is 6.54 Å². The minimum atomic E-state index is 0.775. The second-order valence-corrected chi connectivity index (χ2v) is 7.30. The number of rotatable bonds is 5. The third kappa shape index (κ3) is 3.99. The van der Waals surface area contributed by atoms with E-state index in [4.69, 9.17) is 10.2 Å². The highest BCUT2D eigenvalue weighted by molar-refractivity contribution is 7.13. The maximum absolute atomic E-state index is 4.83. The Morgan fingerprint density at radius 2 is 1.88 bits per heavy atom. The van der Waals surface area contributed by atoms with Gasteiger partial charge >= 0.3 is 0 Å². The molecule has 1 aromatic carbocycles. The fourth-order valence-corrected chi connectivity index (χ4v) is 3.86. The van der Waals surface area contributed by atoms with Crippen molar-refractivity contribution in [3.63, 3.8) is 0 Å². The highest BCUT2D eigenvalue weighted by Crippen LogP contribution is 2.26. The van der Waals surface area contributed by atoms with Crippen LogP contribution in [0.15, 0.2) is 59.1 Å². The number of piperidine rings is 1. The van der Waals surface area contributed by atoms with Crippen molar-refractivity contribution in [2.45, 2.75) is 25.8 Å². The molecule has 0 aliphatic carbocycles. The van der Waals surface area contributed by atoms with Gasteiger partial charge in [0.1, 0.15) is 5.69 Å². The van der Waals surface area contributed by atoms with Crippen molar-refractivity contribution in [2.75, 3.05) is 13.1 Å². The van der Waals surface area contributed by atoms with Crippen molar-refractivity contribution in [2.24, 2.45) is 5.10 Å². The summed E-state index contributed by atoms with van der Waals surface area (Å²) in [6, 6.07) is 14.6. The summed E-state index contributed by atoms with van der Waals surface area (Å²) < 4.78 is 2.02. The van der Waals surface area contributed by atoms with Gasteiger partial charge in [0.25, 0.3) is 0 Å². The van der Waals surface area contributed by atoms with Gasteiger partial charge in [0.15, 0.2) is 0 Å². The fourth-order valence-electron chi connectivity index (χ4n) is 3.12. The smallest absolute Gasteiger partial charge is 0.111 e. The standard InChI is InChI=1S/C20H22N4S/c1-3-8-17(9-4-1)15-24-16-18(14-21-23-11-5-2-6-12-23)20(22-24)19-10-7-13-25-19/h1,3-4,7-10,13-14,16H,2,5-6,11-12,15H2/b21-14-. The van der Waals surface area contributed by atoms with Gasteiger partial charge in [-0.1, -0.05) is 36.4 Å². The Balaban J connectivity index is 1.60. The van der Waals surface area contributed by atoms with Crippen LogP contribution in [0.4, 0.5) is 0 Å². The van der Waals surface area contributed by atoms with Crippen molar-refractivity contribution in [1.82, 2.24) is 14.8 Å². The van der Waals surface area contributed by atoms with E-state index >= 15 is 0 Å². The van der Waals surface area contributed by atoms with Crippen LogP contribution >= 0.6 is 11.3 Å². The zero-order valence-electron chi connectivity index (χ0n) is 14.2. The maximum atomic E-state index is 4.83. The lowest BCUT2D eigenvalue weighted by atomic mass is 10.2. The fraction of sp³-hybridized carbons (Fsp3) is 0.300.